The first-order chi connectivity index (χ1) is 13.2. The average Bonchev–Trinajstić information content (AvgIpc) is 3.16. The molecule has 0 aliphatic heterocycles. The molecule has 0 saturated heterocycles. The number of ether oxygens (including phenoxy) is 2. The van der Waals surface area contributed by atoms with E-state index in [1.54, 1.807) is 20.3 Å². The van der Waals surface area contributed by atoms with Crippen molar-refractivity contribution in [2.75, 3.05) is 14.2 Å². The van der Waals surface area contributed by atoms with Crippen LogP contribution in [0.15, 0.2) is 66.7 Å². The summed E-state index contributed by atoms with van der Waals surface area (Å²) in [6, 6.07) is 20.3. The summed E-state index contributed by atoms with van der Waals surface area (Å²) < 4.78 is 10.6. The largest absolute Gasteiger partial charge is 0.493 e. The molecule has 134 valence electrons. The Bertz CT molecular complexity index is 1120. The lowest BCUT2D eigenvalue weighted by atomic mass is 10.0. The van der Waals surface area contributed by atoms with Gasteiger partial charge in [0.2, 0.25) is 0 Å². The van der Waals surface area contributed by atoms with Crippen LogP contribution in [0.5, 0.6) is 11.5 Å². The number of nitrogens with zero attached hydrogens (tertiary/aromatic N) is 1. The van der Waals surface area contributed by atoms with Crippen molar-refractivity contribution >= 4 is 16.8 Å². The second-order valence-corrected chi connectivity index (χ2v) is 6.08. The quantitative estimate of drug-likeness (QED) is 0.534. The fourth-order valence-corrected chi connectivity index (χ4v) is 3.03. The van der Waals surface area contributed by atoms with E-state index in [-0.39, 0.29) is 5.78 Å². The molecule has 27 heavy (non-hydrogen) atoms. The van der Waals surface area contributed by atoms with Crippen LogP contribution in [0.3, 0.4) is 0 Å². The highest BCUT2D eigenvalue weighted by Crippen LogP contribution is 2.32. The number of fused-ring (bicyclic) bond motifs is 1. The lowest BCUT2D eigenvalue weighted by Gasteiger charge is -2.08. The summed E-state index contributed by atoms with van der Waals surface area (Å²) in [6.07, 6.45) is 0. The van der Waals surface area contributed by atoms with Crippen molar-refractivity contribution in [2.24, 2.45) is 0 Å². The minimum Gasteiger partial charge on any atom is -0.493 e. The van der Waals surface area contributed by atoms with Crippen molar-refractivity contribution in [2.45, 2.75) is 0 Å². The number of rotatable bonds is 5. The number of H-pyrrole nitrogens is 1. The second-order valence-electron chi connectivity index (χ2n) is 6.08. The molecule has 4 rings (SSSR count). The summed E-state index contributed by atoms with van der Waals surface area (Å²) in [5.74, 6) is 1.98. The van der Waals surface area contributed by atoms with Gasteiger partial charge < -0.3 is 14.5 Å². The van der Waals surface area contributed by atoms with Gasteiger partial charge in [-0.15, -0.1) is 0 Å². The number of nitrogens with one attached hydrogen (secondary N) is 1. The fraction of sp³-hybridized carbons (Fsp3) is 0.0909. The Morgan fingerprint density at radius 3 is 2.37 bits per heavy atom. The van der Waals surface area contributed by atoms with Gasteiger partial charge in [-0.2, -0.15) is 0 Å². The van der Waals surface area contributed by atoms with E-state index in [2.05, 4.69) is 9.97 Å². The topological polar surface area (TPSA) is 64.2 Å². The fourth-order valence-electron chi connectivity index (χ4n) is 3.03. The van der Waals surface area contributed by atoms with E-state index in [9.17, 15) is 4.79 Å². The minimum absolute atomic E-state index is 0.0141. The first-order valence-corrected chi connectivity index (χ1v) is 8.51. The summed E-state index contributed by atoms with van der Waals surface area (Å²) >= 11 is 0. The standard InChI is InChI=1S/C22H18N2O3/c1-26-19-11-9-16(13-20(19)27-2)22-23-17-10-8-15(12-18(17)24-22)21(25)14-6-4-3-5-7-14/h3-13H,1-2H3,(H,23,24). The minimum atomic E-state index is -0.0141. The van der Waals surface area contributed by atoms with Crippen molar-refractivity contribution < 1.29 is 14.3 Å². The molecule has 3 aromatic carbocycles. The van der Waals surface area contributed by atoms with Crippen LogP contribution in [0.2, 0.25) is 0 Å². The Labute approximate surface area is 156 Å². The molecular formula is C22H18N2O3. The summed E-state index contributed by atoms with van der Waals surface area (Å²) in [7, 11) is 3.20. The van der Waals surface area contributed by atoms with Crippen LogP contribution in [-0.4, -0.2) is 30.0 Å². The summed E-state index contributed by atoms with van der Waals surface area (Å²) in [5.41, 5.74) is 3.76. The van der Waals surface area contributed by atoms with E-state index in [1.807, 2.05) is 60.7 Å². The lowest BCUT2D eigenvalue weighted by Crippen LogP contribution is -2.00. The molecule has 0 bridgehead atoms. The van der Waals surface area contributed by atoms with E-state index >= 15 is 0 Å². The highest BCUT2D eigenvalue weighted by molar-refractivity contribution is 6.10. The zero-order chi connectivity index (χ0) is 18.8. The van der Waals surface area contributed by atoms with Crippen LogP contribution < -0.4 is 9.47 Å². The van der Waals surface area contributed by atoms with Gasteiger partial charge in [-0.1, -0.05) is 30.3 Å². The number of hydrogen-bond donors (Lipinski definition) is 1. The smallest absolute Gasteiger partial charge is 0.193 e. The number of carbonyl (C=O) groups is 1. The maximum absolute atomic E-state index is 12.7. The zero-order valence-corrected chi connectivity index (χ0v) is 15.0. The Hall–Kier alpha value is -3.60. The monoisotopic (exact) mass is 358 g/mol. The number of benzene rings is 3. The molecule has 0 aliphatic carbocycles. The van der Waals surface area contributed by atoms with E-state index in [1.165, 1.54) is 0 Å². The normalized spacial score (nSPS) is 10.7. The Kier molecular flexibility index (Phi) is 4.34. The van der Waals surface area contributed by atoms with Crippen LogP contribution in [0.4, 0.5) is 0 Å². The van der Waals surface area contributed by atoms with E-state index in [4.69, 9.17) is 9.47 Å². The molecule has 0 radical (unpaired) electrons. The van der Waals surface area contributed by atoms with Gasteiger partial charge in [0, 0.05) is 16.7 Å². The molecule has 5 heteroatoms. The number of methoxy groups -OCH3 is 2. The molecule has 0 aliphatic rings. The maximum Gasteiger partial charge on any atom is 0.193 e. The number of ketones is 1. The third-order valence-electron chi connectivity index (χ3n) is 4.44. The van der Waals surface area contributed by atoms with Crippen LogP contribution in [0.1, 0.15) is 15.9 Å². The second kappa shape index (κ2) is 6.96. The zero-order valence-electron chi connectivity index (χ0n) is 15.0. The van der Waals surface area contributed by atoms with E-state index < -0.39 is 0 Å². The number of imidazole rings is 1. The van der Waals surface area contributed by atoms with Crippen LogP contribution in [0, 0.1) is 0 Å². The number of hydrogen-bond acceptors (Lipinski definition) is 4. The SMILES string of the molecule is COc1ccc(-c2nc3ccc(C(=O)c4ccccc4)cc3[nH]2)cc1OC. The predicted molar refractivity (Wildman–Crippen MR) is 105 cm³/mol. The van der Waals surface area contributed by atoms with Gasteiger partial charge in [-0.25, -0.2) is 4.98 Å². The third kappa shape index (κ3) is 3.15. The van der Waals surface area contributed by atoms with Gasteiger partial charge >= 0.3 is 0 Å². The average molecular weight is 358 g/mol. The van der Waals surface area contributed by atoms with Crippen molar-refractivity contribution in [1.29, 1.82) is 0 Å². The molecule has 0 atom stereocenters. The number of aromatic nitrogens is 2. The molecule has 1 N–H and O–H groups in total. The van der Waals surface area contributed by atoms with Gasteiger partial charge in [0.25, 0.3) is 0 Å². The lowest BCUT2D eigenvalue weighted by molar-refractivity contribution is 0.103. The molecular weight excluding hydrogens is 340 g/mol. The maximum atomic E-state index is 12.7. The van der Waals surface area contributed by atoms with Gasteiger partial charge in [0.1, 0.15) is 5.82 Å². The third-order valence-corrected chi connectivity index (χ3v) is 4.44. The highest BCUT2D eigenvalue weighted by Gasteiger charge is 2.13. The summed E-state index contributed by atoms with van der Waals surface area (Å²) in [5, 5.41) is 0. The molecule has 1 heterocycles. The van der Waals surface area contributed by atoms with Gasteiger partial charge in [-0.05, 0) is 36.4 Å². The van der Waals surface area contributed by atoms with Crippen molar-refractivity contribution in [3.8, 4) is 22.9 Å². The highest BCUT2D eigenvalue weighted by atomic mass is 16.5. The van der Waals surface area contributed by atoms with E-state index in [0.29, 0.717) is 28.5 Å². The molecule has 5 nitrogen and oxygen atoms in total. The summed E-state index contributed by atoms with van der Waals surface area (Å²) in [4.78, 5) is 20.6. The van der Waals surface area contributed by atoms with Crippen LogP contribution >= 0.6 is 0 Å². The molecule has 1 aromatic heterocycles. The first-order valence-electron chi connectivity index (χ1n) is 8.51. The molecule has 0 fully saturated rings. The first kappa shape index (κ1) is 16.8. The predicted octanol–water partition coefficient (Wildman–Crippen LogP) is 4.48. The Morgan fingerprint density at radius 2 is 1.63 bits per heavy atom. The number of carbonyl (C=O) groups excluding carboxylic acids is 1. The molecule has 0 amide bonds. The van der Waals surface area contributed by atoms with Gasteiger partial charge in [-0.3, -0.25) is 4.79 Å². The van der Waals surface area contributed by atoms with Crippen molar-refractivity contribution in [1.82, 2.24) is 9.97 Å². The molecule has 0 unspecified atom stereocenters. The van der Waals surface area contributed by atoms with E-state index in [0.717, 1.165) is 16.6 Å². The van der Waals surface area contributed by atoms with Crippen LogP contribution in [0.25, 0.3) is 22.4 Å². The van der Waals surface area contributed by atoms with Gasteiger partial charge in [0.05, 0.1) is 25.3 Å². The number of aromatic amines is 1. The molecule has 0 saturated carbocycles. The molecule has 4 aromatic rings. The van der Waals surface area contributed by atoms with Gasteiger partial charge in [0.15, 0.2) is 17.3 Å². The van der Waals surface area contributed by atoms with Crippen molar-refractivity contribution in [3.05, 3.63) is 77.9 Å². The Balaban J connectivity index is 1.72. The Morgan fingerprint density at radius 1 is 0.852 bits per heavy atom. The summed E-state index contributed by atoms with van der Waals surface area (Å²) in [6.45, 7) is 0. The van der Waals surface area contributed by atoms with Crippen LogP contribution in [-0.2, 0) is 0 Å². The van der Waals surface area contributed by atoms with Crippen molar-refractivity contribution in [3.63, 3.8) is 0 Å². The molecule has 0 spiro atoms.